The Morgan fingerprint density at radius 3 is 2.40 bits per heavy atom. The zero-order valence-electron chi connectivity index (χ0n) is 21.5. The molecule has 2 aromatic heterocycles. The SMILES string of the molecule is O=C(NCCOc1ccccc1)c1cc2ccccc2c(Cl)c1NC(=O)c1cc(C(F)(F)F)nn1-c1ncccc1Cl. The number of benzene rings is 3. The smallest absolute Gasteiger partial charge is 0.435 e. The van der Waals surface area contributed by atoms with Crippen LogP contribution in [0.5, 0.6) is 5.75 Å². The number of pyridine rings is 1. The zero-order chi connectivity index (χ0) is 29.9. The van der Waals surface area contributed by atoms with Crippen LogP contribution in [0.3, 0.4) is 0 Å². The van der Waals surface area contributed by atoms with Crippen molar-refractivity contribution in [2.24, 2.45) is 0 Å². The van der Waals surface area contributed by atoms with E-state index in [0.717, 1.165) is 0 Å². The first kappa shape index (κ1) is 28.9. The van der Waals surface area contributed by atoms with Gasteiger partial charge in [-0.25, -0.2) is 9.67 Å². The first-order valence-electron chi connectivity index (χ1n) is 12.4. The number of rotatable bonds is 8. The first-order valence-corrected chi connectivity index (χ1v) is 13.2. The van der Waals surface area contributed by atoms with Gasteiger partial charge in [-0.2, -0.15) is 18.3 Å². The van der Waals surface area contributed by atoms with E-state index in [1.807, 2.05) is 18.2 Å². The van der Waals surface area contributed by atoms with Gasteiger partial charge in [-0.15, -0.1) is 0 Å². The van der Waals surface area contributed by atoms with Gasteiger partial charge in [0, 0.05) is 17.6 Å². The molecule has 0 atom stereocenters. The molecule has 5 aromatic rings. The number of fused-ring (bicyclic) bond motifs is 1. The van der Waals surface area contributed by atoms with Crippen molar-refractivity contribution < 1.29 is 27.5 Å². The van der Waals surface area contributed by atoms with Crippen molar-refractivity contribution in [3.63, 3.8) is 0 Å². The quantitative estimate of drug-likeness (QED) is 0.187. The molecule has 0 radical (unpaired) electrons. The van der Waals surface area contributed by atoms with Gasteiger partial charge in [0.1, 0.15) is 18.1 Å². The minimum atomic E-state index is -4.87. The van der Waals surface area contributed by atoms with Crippen molar-refractivity contribution in [2.75, 3.05) is 18.5 Å². The van der Waals surface area contributed by atoms with Crippen LogP contribution >= 0.6 is 23.2 Å². The number of amides is 2. The topological polar surface area (TPSA) is 98.1 Å². The highest BCUT2D eigenvalue weighted by Gasteiger charge is 2.37. The molecule has 2 amide bonds. The lowest BCUT2D eigenvalue weighted by Crippen LogP contribution is -2.29. The van der Waals surface area contributed by atoms with Crippen LogP contribution in [0.15, 0.2) is 85.1 Å². The van der Waals surface area contributed by atoms with Crippen LogP contribution in [0.4, 0.5) is 18.9 Å². The molecular formula is C29H20Cl2F3N5O3. The minimum Gasteiger partial charge on any atom is -0.492 e. The molecule has 8 nitrogen and oxygen atoms in total. The van der Waals surface area contributed by atoms with Gasteiger partial charge < -0.3 is 15.4 Å². The fourth-order valence-electron chi connectivity index (χ4n) is 4.10. The molecule has 0 aliphatic heterocycles. The molecule has 13 heteroatoms. The molecule has 0 saturated carbocycles. The Kier molecular flexibility index (Phi) is 8.32. The molecule has 0 spiro atoms. The summed E-state index contributed by atoms with van der Waals surface area (Å²) in [4.78, 5) is 30.8. The zero-order valence-corrected chi connectivity index (χ0v) is 23.0. The fourth-order valence-corrected chi connectivity index (χ4v) is 4.63. The summed E-state index contributed by atoms with van der Waals surface area (Å²) in [7, 11) is 0. The average molecular weight is 614 g/mol. The third-order valence-corrected chi connectivity index (χ3v) is 6.73. The van der Waals surface area contributed by atoms with Crippen LogP contribution < -0.4 is 15.4 Å². The van der Waals surface area contributed by atoms with Crippen LogP contribution in [-0.4, -0.2) is 39.7 Å². The van der Waals surface area contributed by atoms with E-state index in [1.54, 1.807) is 36.4 Å². The van der Waals surface area contributed by atoms with Crippen LogP contribution in [0.1, 0.15) is 26.5 Å². The number of ether oxygens (including phenoxy) is 1. The van der Waals surface area contributed by atoms with Crippen LogP contribution in [0, 0.1) is 0 Å². The number of hydrogen-bond acceptors (Lipinski definition) is 5. The number of hydrogen-bond donors (Lipinski definition) is 2. The van der Waals surface area contributed by atoms with Crippen LogP contribution in [-0.2, 0) is 6.18 Å². The molecule has 0 saturated heterocycles. The molecule has 0 aliphatic carbocycles. The van der Waals surface area contributed by atoms with E-state index < -0.39 is 29.4 Å². The number of alkyl halides is 3. The monoisotopic (exact) mass is 613 g/mol. The van der Waals surface area contributed by atoms with Gasteiger partial charge in [0.25, 0.3) is 11.8 Å². The number of anilines is 1. The molecular weight excluding hydrogens is 594 g/mol. The summed E-state index contributed by atoms with van der Waals surface area (Å²) in [6.45, 7) is 0.272. The summed E-state index contributed by atoms with van der Waals surface area (Å²) in [5.41, 5.74) is -1.98. The van der Waals surface area contributed by atoms with E-state index in [0.29, 0.717) is 27.3 Å². The predicted molar refractivity (Wildman–Crippen MR) is 153 cm³/mol. The number of carbonyl (C=O) groups excluding carboxylic acids is 2. The Labute approximate surface area is 247 Å². The van der Waals surface area contributed by atoms with E-state index in [9.17, 15) is 22.8 Å². The fraction of sp³-hybridized carbons (Fsp3) is 0.103. The number of nitrogens with one attached hydrogen (secondary N) is 2. The lowest BCUT2D eigenvalue weighted by Gasteiger charge is -2.16. The predicted octanol–water partition coefficient (Wildman–Crippen LogP) is 6.81. The number of aromatic nitrogens is 3. The Bertz CT molecular complexity index is 1780. The summed E-state index contributed by atoms with van der Waals surface area (Å²) in [6.07, 6.45) is -3.57. The number of carbonyl (C=O) groups is 2. The van der Waals surface area contributed by atoms with E-state index in [-0.39, 0.29) is 40.3 Å². The van der Waals surface area contributed by atoms with E-state index >= 15 is 0 Å². The summed E-state index contributed by atoms with van der Waals surface area (Å²) in [6, 6.07) is 20.8. The Balaban J connectivity index is 1.48. The highest BCUT2D eigenvalue weighted by atomic mass is 35.5. The molecule has 0 fully saturated rings. The van der Waals surface area contributed by atoms with E-state index in [2.05, 4.69) is 20.7 Å². The maximum Gasteiger partial charge on any atom is 0.435 e. The van der Waals surface area contributed by atoms with Crippen molar-refractivity contribution in [1.29, 1.82) is 0 Å². The highest BCUT2D eigenvalue weighted by molar-refractivity contribution is 6.40. The maximum atomic E-state index is 13.6. The third kappa shape index (κ3) is 6.17. The van der Waals surface area contributed by atoms with Gasteiger partial charge >= 0.3 is 6.18 Å². The maximum absolute atomic E-state index is 13.6. The summed E-state index contributed by atoms with van der Waals surface area (Å²) >= 11 is 12.8. The molecule has 42 heavy (non-hydrogen) atoms. The molecule has 0 bridgehead atoms. The number of nitrogens with zero attached hydrogens (tertiary/aromatic N) is 3. The molecule has 5 rings (SSSR count). The lowest BCUT2D eigenvalue weighted by atomic mass is 10.0. The molecule has 0 unspecified atom stereocenters. The van der Waals surface area contributed by atoms with Crippen LogP contribution in [0.2, 0.25) is 10.0 Å². The second kappa shape index (κ2) is 12.1. The van der Waals surface area contributed by atoms with Gasteiger partial charge in [-0.3, -0.25) is 9.59 Å². The summed E-state index contributed by atoms with van der Waals surface area (Å²) < 4.78 is 47.1. The van der Waals surface area contributed by atoms with Gasteiger partial charge in [0.05, 0.1) is 27.8 Å². The number of para-hydroxylation sites is 1. The Morgan fingerprint density at radius 1 is 0.929 bits per heavy atom. The molecule has 0 aliphatic rings. The average Bonchev–Trinajstić information content (AvgIpc) is 3.44. The summed E-state index contributed by atoms with van der Waals surface area (Å²) in [5.74, 6) is -1.19. The van der Waals surface area contributed by atoms with Crippen molar-refractivity contribution >= 4 is 51.5 Å². The van der Waals surface area contributed by atoms with Crippen molar-refractivity contribution in [3.05, 3.63) is 112 Å². The van der Waals surface area contributed by atoms with Gasteiger partial charge in [-0.05, 0) is 35.7 Å². The van der Waals surface area contributed by atoms with Crippen molar-refractivity contribution in [2.45, 2.75) is 6.18 Å². The number of halogens is 5. The third-order valence-electron chi connectivity index (χ3n) is 6.04. The highest BCUT2D eigenvalue weighted by Crippen LogP contribution is 2.36. The van der Waals surface area contributed by atoms with Gasteiger partial charge in [0.2, 0.25) is 0 Å². The van der Waals surface area contributed by atoms with E-state index in [1.165, 1.54) is 24.4 Å². The van der Waals surface area contributed by atoms with Crippen molar-refractivity contribution in [1.82, 2.24) is 20.1 Å². The van der Waals surface area contributed by atoms with Gasteiger partial charge in [0.15, 0.2) is 11.5 Å². The molecule has 2 N–H and O–H groups in total. The van der Waals surface area contributed by atoms with Crippen molar-refractivity contribution in [3.8, 4) is 11.6 Å². The second-order valence-electron chi connectivity index (χ2n) is 8.84. The molecule has 3 aromatic carbocycles. The normalized spacial score (nSPS) is 11.4. The molecule has 2 heterocycles. The molecule has 214 valence electrons. The van der Waals surface area contributed by atoms with Gasteiger partial charge in [-0.1, -0.05) is 65.7 Å². The Morgan fingerprint density at radius 2 is 1.67 bits per heavy atom. The van der Waals surface area contributed by atoms with Crippen LogP contribution in [0.25, 0.3) is 16.6 Å². The minimum absolute atomic E-state index is 0.00950. The summed E-state index contributed by atoms with van der Waals surface area (Å²) in [5, 5.41) is 9.87. The Hall–Kier alpha value is -4.61. The second-order valence-corrected chi connectivity index (χ2v) is 9.62. The standard InChI is InChI=1S/C29H20Cl2F3N5O3/c30-21-11-6-12-35-26(21)39-22(16-23(38-39)29(32,33)34)28(41)37-25-20(15-17-7-4-5-10-19(17)24(25)31)27(40)36-13-14-42-18-8-2-1-3-9-18/h1-12,15-16H,13-14H2,(H,36,40)(H,37,41). The van der Waals surface area contributed by atoms with E-state index in [4.69, 9.17) is 27.9 Å². The largest absolute Gasteiger partial charge is 0.492 e. The first-order chi connectivity index (χ1) is 20.1. The lowest BCUT2D eigenvalue weighted by molar-refractivity contribution is -0.141.